The van der Waals surface area contributed by atoms with E-state index in [2.05, 4.69) is 12.2 Å². The summed E-state index contributed by atoms with van der Waals surface area (Å²) in [5, 5.41) is 2.84. The highest BCUT2D eigenvalue weighted by Crippen LogP contribution is 2.16. The third-order valence-corrected chi connectivity index (χ3v) is 2.62. The molecule has 0 aliphatic heterocycles. The summed E-state index contributed by atoms with van der Waals surface area (Å²) in [6.45, 7) is 10.2. The van der Waals surface area contributed by atoms with Crippen LogP contribution in [-0.2, 0) is 9.53 Å². The number of carbonyl (C=O) groups is 1. The normalized spacial score (nSPS) is 12.7. The molecule has 18 heavy (non-hydrogen) atoms. The number of halogens is 1. The van der Waals surface area contributed by atoms with Crippen molar-refractivity contribution in [2.24, 2.45) is 11.1 Å². The summed E-state index contributed by atoms with van der Waals surface area (Å²) in [5.41, 5.74) is 5.64. The van der Waals surface area contributed by atoms with Gasteiger partial charge in [-0.05, 0) is 18.3 Å². The van der Waals surface area contributed by atoms with Crippen molar-refractivity contribution in [2.75, 3.05) is 19.8 Å². The Balaban J connectivity index is 0. The average Bonchev–Trinajstić information content (AvgIpc) is 2.25. The largest absolute Gasteiger partial charge is 0.381 e. The summed E-state index contributed by atoms with van der Waals surface area (Å²) in [4.78, 5) is 11.6. The van der Waals surface area contributed by atoms with Crippen LogP contribution < -0.4 is 11.1 Å². The van der Waals surface area contributed by atoms with Gasteiger partial charge in [-0.1, -0.05) is 34.1 Å². The fourth-order valence-electron chi connectivity index (χ4n) is 1.24. The van der Waals surface area contributed by atoms with Gasteiger partial charge in [0.2, 0.25) is 5.91 Å². The molecule has 1 amide bonds. The summed E-state index contributed by atoms with van der Waals surface area (Å²) in [6.07, 6.45) is 3.09. The lowest BCUT2D eigenvalue weighted by Crippen LogP contribution is -2.48. The smallest absolute Gasteiger partial charge is 0.237 e. The van der Waals surface area contributed by atoms with Crippen molar-refractivity contribution in [2.45, 2.75) is 53.0 Å². The number of rotatable bonds is 8. The lowest BCUT2D eigenvalue weighted by Gasteiger charge is -2.25. The second kappa shape index (κ2) is 10.6. The van der Waals surface area contributed by atoms with Gasteiger partial charge in [-0.25, -0.2) is 0 Å². The van der Waals surface area contributed by atoms with Crippen LogP contribution in [0.2, 0.25) is 0 Å². The van der Waals surface area contributed by atoms with Crippen molar-refractivity contribution < 1.29 is 9.53 Å². The van der Waals surface area contributed by atoms with Crippen LogP contribution in [-0.4, -0.2) is 31.7 Å². The van der Waals surface area contributed by atoms with Crippen molar-refractivity contribution in [3.8, 4) is 0 Å². The zero-order valence-corrected chi connectivity index (χ0v) is 12.9. The van der Waals surface area contributed by atoms with Gasteiger partial charge in [0, 0.05) is 19.8 Å². The average molecular weight is 281 g/mol. The molecule has 0 saturated carbocycles. The van der Waals surface area contributed by atoms with Crippen LogP contribution in [0.1, 0.15) is 47.0 Å². The van der Waals surface area contributed by atoms with Gasteiger partial charge < -0.3 is 15.8 Å². The minimum absolute atomic E-state index is 0. The second-order valence-electron chi connectivity index (χ2n) is 5.45. The molecule has 1 atom stereocenters. The molecular formula is C13H29ClN2O2. The van der Waals surface area contributed by atoms with Crippen molar-refractivity contribution in [3.05, 3.63) is 0 Å². The fraction of sp³-hybridized carbons (Fsp3) is 0.923. The SMILES string of the molecule is CCCCOCCCNC(=O)[C@@H](N)C(C)(C)C.Cl. The molecule has 110 valence electrons. The summed E-state index contributed by atoms with van der Waals surface area (Å²) in [5.74, 6) is -0.0777. The minimum Gasteiger partial charge on any atom is -0.381 e. The number of carbonyl (C=O) groups excluding carboxylic acids is 1. The van der Waals surface area contributed by atoms with Gasteiger partial charge >= 0.3 is 0 Å². The van der Waals surface area contributed by atoms with Gasteiger partial charge in [-0.2, -0.15) is 0 Å². The van der Waals surface area contributed by atoms with E-state index < -0.39 is 6.04 Å². The zero-order valence-electron chi connectivity index (χ0n) is 12.1. The highest BCUT2D eigenvalue weighted by molar-refractivity contribution is 5.85. The summed E-state index contributed by atoms with van der Waals surface area (Å²) in [7, 11) is 0. The first-order valence-corrected chi connectivity index (χ1v) is 6.50. The zero-order chi connectivity index (χ0) is 13.3. The predicted octanol–water partition coefficient (Wildman–Crippen LogP) is 2.10. The van der Waals surface area contributed by atoms with Crippen molar-refractivity contribution >= 4 is 18.3 Å². The fourth-order valence-corrected chi connectivity index (χ4v) is 1.24. The van der Waals surface area contributed by atoms with E-state index in [4.69, 9.17) is 10.5 Å². The molecule has 0 unspecified atom stereocenters. The molecule has 0 rings (SSSR count). The van der Waals surface area contributed by atoms with E-state index in [1.54, 1.807) is 0 Å². The Morgan fingerprint density at radius 2 is 1.83 bits per heavy atom. The molecule has 3 N–H and O–H groups in total. The van der Waals surface area contributed by atoms with Gasteiger partial charge in [-0.15, -0.1) is 12.4 Å². The van der Waals surface area contributed by atoms with Gasteiger partial charge in [0.15, 0.2) is 0 Å². The molecule has 0 heterocycles. The van der Waals surface area contributed by atoms with Gasteiger partial charge in [0.05, 0.1) is 6.04 Å². The molecule has 5 heteroatoms. The Morgan fingerprint density at radius 3 is 2.33 bits per heavy atom. The molecule has 0 aromatic heterocycles. The first-order valence-electron chi connectivity index (χ1n) is 6.50. The number of unbranched alkanes of at least 4 members (excludes halogenated alkanes) is 1. The van der Waals surface area contributed by atoms with Crippen LogP contribution in [0, 0.1) is 5.41 Å². The van der Waals surface area contributed by atoms with Crippen molar-refractivity contribution in [1.82, 2.24) is 5.32 Å². The molecule has 0 bridgehead atoms. The Morgan fingerprint density at radius 1 is 1.28 bits per heavy atom. The number of hydrogen-bond acceptors (Lipinski definition) is 3. The summed E-state index contributed by atoms with van der Waals surface area (Å²) < 4.78 is 5.40. The number of nitrogens with two attached hydrogens (primary N) is 1. The molecule has 0 aliphatic carbocycles. The summed E-state index contributed by atoms with van der Waals surface area (Å²) >= 11 is 0. The maximum Gasteiger partial charge on any atom is 0.237 e. The van der Waals surface area contributed by atoms with Crippen LogP contribution in [0.25, 0.3) is 0 Å². The first kappa shape index (κ1) is 20.0. The van der Waals surface area contributed by atoms with Crippen LogP contribution in [0.3, 0.4) is 0 Å². The van der Waals surface area contributed by atoms with Gasteiger partial charge in [0.25, 0.3) is 0 Å². The molecule has 0 aromatic rings. The van der Waals surface area contributed by atoms with E-state index in [-0.39, 0.29) is 23.7 Å². The standard InChI is InChI=1S/C13H28N2O2.ClH/c1-5-6-9-17-10-7-8-15-12(16)11(14)13(2,3)4;/h11H,5-10,14H2,1-4H3,(H,15,16);1H/t11-;/m1./s1. The third-order valence-electron chi connectivity index (χ3n) is 2.62. The lowest BCUT2D eigenvalue weighted by atomic mass is 9.87. The Hall–Kier alpha value is -0.320. The molecule has 0 spiro atoms. The molecule has 0 aromatic carbocycles. The Kier molecular flexibility index (Phi) is 11.8. The molecule has 0 aliphatic rings. The molecular weight excluding hydrogens is 252 g/mol. The third kappa shape index (κ3) is 9.68. The van der Waals surface area contributed by atoms with Gasteiger partial charge in [0.1, 0.15) is 0 Å². The molecule has 0 fully saturated rings. The Labute approximate surface area is 117 Å². The van der Waals surface area contributed by atoms with Crippen molar-refractivity contribution in [1.29, 1.82) is 0 Å². The number of amides is 1. The monoisotopic (exact) mass is 280 g/mol. The molecule has 0 saturated heterocycles. The van der Waals surface area contributed by atoms with E-state index in [1.165, 1.54) is 0 Å². The van der Waals surface area contributed by atoms with Crippen molar-refractivity contribution in [3.63, 3.8) is 0 Å². The van der Waals surface area contributed by atoms with E-state index in [0.717, 1.165) is 25.9 Å². The quantitative estimate of drug-likeness (QED) is 0.669. The van der Waals surface area contributed by atoms with Gasteiger partial charge in [-0.3, -0.25) is 4.79 Å². The van der Waals surface area contributed by atoms with E-state index >= 15 is 0 Å². The molecule has 4 nitrogen and oxygen atoms in total. The van der Waals surface area contributed by atoms with E-state index in [1.807, 2.05) is 20.8 Å². The van der Waals surface area contributed by atoms with Crippen LogP contribution in [0.15, 0.2) is 0 Å². The summed E-state index contributed by atoms with van der Waals surface area (Å²) in [6, 6.07) is -0.455. The van der Waals surface area contributed by atoms with E-state index in [0.29, 0.717) is 13.2 Å². The van der Waals surface area contributed by atoms with Crippen LogP contribution in [0.5, 0.6) is 0 Å². The maximum absolute atomic E-state index is 11.6. The topological polar surface area (TPSA) is 64.3 Å². The van der Waals surface area contributed by atoms with E-state index in [9.17, 15) is 4.79 Å². The predicted molar refractivity (Wildman–Crippen MR) is 78.0 cm³/mol. The Bertz CT molecular complexity index is 218. The highest BCUT2D eigenvalue weighted by atomic mass is 35.5. The number of nitrogens with one attached hydrogen (secondary N) is 1. The lowest BCUT2D eigenvalue weighted by molar-refractivity contribution is -0.124. The minimum atomic E-state index is -0.455. The second-order valence-corrected chi connectivity index (χ2v) is 5.45. The maximum atomic E-state index is 11.6. The number of ether oxygens (including phenoxy) is 1. The molecule has 0 radical (unpaired) electrons. The van der Waals surface area contributed by atoms with Crippen LogP contribution in [0.4, 0.5) is 0 Å². The van der Waals surface area contributed by atoms with Crippen LogP contribution >= 0.6 is 12.4 Å². The first-order chi connectivity index (χ1) is 7.89. The number of hydrogen-bond donors (Lipinski definition) is 2. The highest BCUT2D eigenvalue weighted by Gasteiger charge is 2.26.